The third-order valence-corrected chi connectivity index (χ3v) is 4.90. The van der Waals surface area contributed by atoms with Crippen LogP contribution in [0.4, 0.5) is 4.39 Å². The Balaban J connectivity index is 1.65. The van der Waals surface area contributed by atoms with Gasteiger partial charge in [0.05, 0.1) is 17.7 Å². The highest BCUT2D eigenvalue weighted by molar-refractivity contribution is 7.21. The molecule has 3 aromatic rings. The van der Waals surface area contributed by atoms with Crippen molar-refractivity contribution in [3.63, 3.8) is 0 Å². The molecule has 26 heavy (non-hydrogen) atoms. The first-order valence-electron chi connectivity index (χ1n) is 7.90. The lowest BCUT2D eigenvalue weighted by Crippen LogP contribution is -2.34. The normalized spacial score (nSPS) is 10.8. The summed E-state index contributed by atoms with van der Waals surface area (Å²) < 4.78 is 24.9. The summed E-state index contributed by atoms with van der Waals surface area (Å²) in [5, 5.41) is 5.78. The number of halogens is 1. The highest BCUT2D eigenvalue weighted by Gasteiger charge is 2.20. The molecule has 2 amide bonds. The lowest BCUT2D eigenvalue weighted by Gasteiger charge is -2.07. The van der Waals surface area contributed by atoms with Crippen molar-refractivity contribution in [3.05, 3.63) is 58.6 Å². The van der Waals surface area contributed by atoms with Gasteiger partial charge < -0.3 is 19.8 Å². The molecule has 0 saturated carbocycles. The Labute approximate surface area is 152 Å². The molecule has 3 rings (SSSR count). The number of furan rings is 1. The minimum absolute atomic E-state index is 0.138. The monoisotopic (exact) mass is 376 g/mol. The zero-order valence-electron chi connectivity index (χ0n) is 14.0. The van der Waals surface area contributed by atoms with E-state index in [1.54, 1.807) is 24.3 Å². The van der Waals surface area contributed by atoms with Gasteiger partial charge in [0.15, 0.2) is 5.76 Å². The molecule has 0 atom stereocenters. The number of thiophene rings is 1. The number of hydrogen-bond acceptors (Lipinski definition) is 5. The maximum atomic E-state index is 14.1. The van der Waals surface area contributed by atoms with Gasteiger partial charge in [0.2, 0.25) is 0 Å². The smallest absolute Gasteiger partial charge is 0.287 e. The summed E-state index contributed by atoms with van der Waals surface area (Å²) in [5.41, 5.74) is 0.530. The molecule has 0 saturated heterocycles. The van der Waals surface area contributed by atoms with Gasteiger partial charge in [0, 0.05) is 35.8 Å². The van der Waals surface area contributed by atoms with E-state index in [4.69, 9.17) is 9.15 Å². The summed E-state index contributed by atoms with van der Waals surface area (Å²) in [7, 11) is 1.50. The van der Waals surface area contributed by atoms with E-state index in [2.05, 4.69) is 10.6 Å². The lowest BCUT2D eigenvalue weighted by atomic mass is 10.1. The summed E-state index contributed by atoms with van der Waals surface area (Å²) >= 11 is 1.21. The first-order valence-corrected chi connectivity index (χ1v) is 8.72. The average Bonchev–Trinajstić information content (AvgIpc) is 3.28. The van der Waals surface area contributed by atoms with E-state index in [0.717, 1.165) is 0 Å². The Hall–Kier alpha value is -2.71. The fourth-order valence-electron chi connectivity index (χ4n) is 2.56. The minimum Gasteiger partial charge on any atom is -0.459 e. The second kappa shape index (κ2) is 8.11. The van der Waals surface area contributed by atoms with Crippen LogP contribution >= 0.6 is 11.3 Å². The Morgan fingerprint density at radius 2 is 1.92 bits per heavy atom. The van der Waals surface area contributed by atoms with E-state index in [9.17, 15) is 14.0 Å². The molecule has 0 aliphatic heterocycles. The predicted molar refractivity (Wildman–Crippen MR) is 95.9 cm³/mol. The fraction of sp³-hybridized carbons (Fsp3) is 0.222. The standard InChI is InChI=1S/C18H17FN2O4S/c1-24-10-11-15-12(19)4-2-6-14(15)26-16(11)18(23)21-8-7-20-17(22)13-5-3-9-25-13/h2-6,9H,7-8,10H2,1H3,(H,20,22)(H,21,23). The van der Waals surface area contributed by atoms with Crippen LogP contribution in [0.3, 0.4) is 0 Å². The summed E-state index contributed by atoms with van der Waals surface area (Å²) in [4.78, 5) is 24.6. The van der Waals surface area contributed by atoms with Crippen molar-refractivity contribution in [3.8, 4) is 0 Å². The maximum Gasteiger partial charge on any atom is 0.287 e. The van der Waals surface area contributed by atoms with E-state index in [1.807, 2.05) is 0 Å². The van der Waals surface area contributed by atoms with Crippen LogP contribution in [0.15, 0.2) is 41.0 Å². The molecule has 0 spiro atoms. The Bertz CT molecular complexity index is 921. The highest BCUT2D eigenvalue weighted by atomic mass is 32.1. The van der Waals surface area contributed by atoms with Gasteiger partial charge in [-0.05, 0) is 24.3 Å². The van der Waals surface area contributed by atoms with E-state index in [-0.39, 0.29) is 43.1 Å². The number of carbonyl (C=O) groups is 2. The molecule has 0 unspecified atom stereocenters. The molecule has 1 aromatic carbocycles. The topological polar surface area (TPSA) is 80.6 Å². The van der Waals surface area contributed by atoms with Gasteiger partial charge in [0.1, 0.15) is 5.82 Å². The lowest BCUT2D eigenvalue weighted by molar-refractivity contribution is 0.0910. The summed E-state index contributed by atoms with van der Waals surface area (Å²) in [5.74, 6) is -0.854. The largest absolute Gasteiger partial charge is 0.459 e. The van der Waals surface area contributed by atoms with Gasteiger partial charge in [-0.1, -0.05) is 6.07 Å². The minimum atomic E-state index is -0.379. The number of ether oxygens (including phenoxy) is 1. The summed E-state index contributed by atoms with van der Waals surface area (Å²) in [6.45, 7) is 0.609. The molecule has 6 nitrogen and oxygen atoms in total. The van der Waals surface area contributed by atoms with Gasteiger partial charge >= 0.3 is 0 Å². The number of nitrogens with one attached hydrogen (secondary N) is 2. The first-order chi connectivity index (χ1) is 12.6. The Morgan fingerprint density at radius 3 is 2.62 bits per heavy atom. The molecule has 2 heterocycles. The number of rotatable bonds is 7. The SMILES string of the molecule is COCc1c(C(=O)NCCNC(=O)c2ccco2)sc2cccc(F)c12. The second-order valence-corrected chi connectivity index (χ2v) is 6.50. The molecule has 2 N–H and O–H groups in total. The van der Waals surface area contributed by atoms with Crippen LogP contribution in [0.25, 0.3) is 10.1 Å². The van der Waals surface area contributed by atoms with Crippen LogP contribution in [0.5, 0.6) is 0 Å². The number of benzene rings is 1. The fourth-order valence-corrected chi connectivity index (χ4v) is 3.70. The quantitative estimate of drug-likeness (QED) is 0.622. The predicted octanol–water partition coefficient (Wildman–Crippen LogP) is 2.94. The number of methoxy groups -OCH3 is 1. The number of fused-ring (bicyclic) bond motifs is 1. The van der Waals surface area contributed by atoms with Crippen molar-refractivity contribution in [2.45, 2.75) is 6.61 Å². The number of carbonyl (C=O) groups excluding carboxylic acids is 2. The summed E-state index contributed by atoms with van der Waals surface area (Å²) in [6.07, 6.45) is 1.41. The molecule has 0 radical (unpaired) electrons. The van der Waals surface area contributed by atoms with E-state index < -0.39 is 0 Å². The molecular formula is C18H17FN2O4S. The number of amides is 2. The van der Waals surface area contributed by atoms with Crippen LogP contribution in [-0.2, 0) is 11.3 Å². The van der Waals surface area contributed by atoms with Gasteiger partial charge in [-0.2, -0.15) is 0 Å². The Morgan fingerprint density at radius 1 is 1.15 bits per heavy atom. The van der Waals surface area contributed by atoms with Crippen molar-refractivity contribution in [2.75, 3.05) is 20.2 Å². The molecule has 0 bridgehead atoms. The zero-order valence-corrected chi connectivity index (χ0v) is 14.8. The van der Waals surface area contributed by atoms with E-state index >= 15 is 0 Å². The van der Waals surface area contributed by atoms with Crippen molar-refractivity contribution < 1.29 is 23.1 Å². The third-order valence-electron chi connectivity index (χ3n) is 3.70. The number of hydrogen-bond donors (Lipinski definition) is 2. The molecular weight excluding hydrogens is 359 g/mol. The molecule has 2 aromatic heterocycles. The second-order valence-electron chi connectivity index (χ2n) is 5.44. The van der Waals surface area contributed by atoms with Crippen LogP contribution in [-0.4, -0.2) is 32.0 Å². The average molecular weight is 376 g/mol. The van der Waals surface area contributed by atoms with Gasteiger partial charge in [-0.3, -0.25) is 9.59 Å². The van der Waals surface area contributed by atoms with Gasteiger partial charge in [-0.15, -0.1) is 11.3 Å². The van der Waals surface area contributed by atoms with Gasteiger partial charge in [-0.25, -0.2) is 4.39 Å². The zero-order chi connectivity index (χ0) is 18.5. The van der Waals surface area contributed by atoms with Crippen LogP contribution < -0.4 is 10.6 Å². The first kappa shape index (κ1) is 18.1. The van der Waals surface area contributed by atoms with Crippen LogP contribution in [0.1, 0.15) is 25.8 Å². The molecule has 136 valence electrons. The van der Waals surface area contributed by atoms with E-state index in [1.165, 1.54) is 30.8 Å². The van der Waals surface area contributed by atoms with E-state index in [0.29, 0.717) is 20.5 Å². The van der Waals surface area contributed by atoms with Gasteiger partial charge in [0.25, 0.3) is 11.8 Å². The third kappa shape index (κ3) is 3.76. The van der Waals surface area contributed by atoms with Crippen molar-refractivity contribution in [2.24, 2.45) is 0 Å². The molecule has 0 aliphatic carbocycles. The van der Waals surface area contributed by atoms with Crippen LogP contribution in [0.2, 0.25) is 0 Å². The molecule has 8 heteroatoms. The molecule has 0 fully saturated rings. The highest BCUT2D eigenvalue weighted by Crippen LogP contribution is 2.33. The van der Waals surface area contributed by atoms with Crippen molar-refractivity contribution in [1.82, 2.24) is 10.6 Å². The molecule has 0 aliphatic rings. The van der Waals surface area contributed by atoms with Crippen molar-refractivity contribution in [1.29, 1.82) is 0 Å². The Kier molecular flexibility index (Phi) is 5.65. The van der Waals surface area contributed by atoms with Crippen LogP contribution in [0, 0.1) is 5.82 Å². The van der Waals surface area contributed by atoms with Crippen molar-refractivity contribution >= 4 is 33.2 Å². The maximum absolute atomic E-state index is 14.1. The summed E-state index contributed by atoms with van der Waals surface area (Å²) in [6, 6.07) is 7.91.